The number of ketones is 1. The van der Waals surface area contributed by atoms with Gasteiger partial charge in [-0.15, -0.1) is 0 Å². The Bertz CT molecular complexity index is 217. The average molecular weight is 206 g/mol. The Labute approximate surface area is 82.1 Å². The first kappa shape index (κ1) is 13.0. The first-order valence-electron chi connectivity index (χ1n) is 4.31. The van der Waals surface area contributed by atoms with Gasteiger partial charge >= 0.3 is 5.97 Å². The fourth-order valence-corrected chi connectivity index (χ4v) is 1.05. The minimum Gasteiger partial charge on any atom is -0.466 e. The molecule has 0 heterocycles. The number of ether oxygens (including phenoxy) is 1. The number of halogens is 1. The Morgan fingerprint density at radius 1 is 1.43 bits per heavy atom. The highest BCUT2D eigenvalue weighted by atomic mass is 19.1. The van der Waals surface area contributed by atoms with Crippen LogP contribution in [0.3, 0.4) is 0 Å². The maximum atomic E-state index is 12.4. The van der Waals surface area contributed by atoms with Crippen molar-refractivity contribution in [2.75, 3.05) is 13.3 Å². The minimum atomic E-state index is -1.69. The van der Waals surface area contributed by atoms with E-state index in [4.69, 9.17) is 0 Å². The van der Waals surface area contributed by atoms with Crippen LogP contribution in [0, 0.1) is 0 Å². The lowest BCUT2D eigenvalue weighted by atomic mass is 9.95. The third-order valence-corrected chi connectivity index (χ3v) is 1.70. The lowest BCUT2D eigenvalue weighted by Gasteiger charge is -2.22. The smallest absolute Gasteiger partial charge is 0.302 e. The van der Waals surface area contributed by atoms with Gasteiger partial charge in [-0.2, -0.15) is 0 Å². The van der Waals surface area contributed by atoms with Gasteiger partial charge in [-0.1, -0.05) is 0 Å². The zero-order valence-corrected chi connectivity index (χ0v) is 8.38. The van der Waals surface area contributed by atoms with Crippen molar-refractivity contribution in [3.8, 4) is 0 Å². The number of hydrogen-bond donors (Lipinski definition) is 1. The second kappa shape index (κ2) is 5.70. The molecule has 0 rings (SSSR count). The normalized spacial score (nSPS) is 14.6. The molecule has 0 saturated heterocycles. The van der Waals surface area contributed by atoms with Crippen LogP contribution in [0.15, 0.2) is 0 Å². The van der Waals surface area contributed by atoms with Crippen LogP contribution in [-0.4, -0.2) is 35.7 Å². The van der Waals surface area contributed by atoms with Crippen LogP contribution in [0.2, 0.25) is 0 Å². The fraction of sp³-hybridized carbons (Fsp3) is 0.778. The number of esters is 1. The second-order valence-corrected chi connectivity index (χ2v) is 3.33. The van der Waals surface area contributed by atoms with Crippen LogP contribution in [0.4, 0.5) is 4.39 Å². The molecule has 0 aliphatic carbocycles. The molecule has 1 unspecified atom stereocenters. The summed E-state index contributed by atoms with van der Waals surface area (Å²) >= 11 is 0. The van der Waals surface area contributed by atoms with E-state index in [1.807, 2.05) is 0 Å². The Morgan fingerprint density at radius 2 is 2.00 bits per heavy atom. The van der Waals surface area contributed by atoms with Gasteiger partial charge in [0.1, 0.15) is 18.1 Å². The summed E-state index contributed by atoms with van der Waals surface area (Å²) in [5, 5.41) is 9.52. The molecule has 5 heteroatoms. The highest BCUT2D eigenvalue weighted by Gasteiger charge is 2.28. The molecule has 0 aliphatic rings. The van der Waals surface area contributed by atoms with Crippen LogP contribution in [0.5, 0.6) is 0 Å². The molecule has 1 atom stereocenters. The highest BCUT2D eigenvalue weighted by molar-refractivity contribution is 5.76. The Kier molecular flexibility index (Phi) is 5.30. The molecule has 0 aromatic heterocycles. The molecule has 0 saturated carbocycles. The van der Waals surface area contributed by atoms with Crippen LogP contribution in [-0.2, 0) is 14.3 Å². The Hall–Kier alpha value is -0.970. The summed E-state index contributed by atoms with van der Waals surface area (Å²) in [5.74, 6) is -0.790. The number of hydrogen-bond acceptors (Lipinski definition) is 4. The van der Waals surface area contributed by atoms with Crippen molar-refractivity contribution in [1.29, 1.82) is 0 Å². The topological polar surface area (TPSA) is 63.6 Å². The van der Waals surface area contributed by atoms with Crippen LogP contribution < -0.4 is 0 Å². The molecule has 0 bridgehead atoms. The molecule has 0 aliphatic heterocycles. The van der Waals surface area contributed by atoms with E-state index < -0.39 is 18.2 Å². The summed E-state index contributed by atoms with van der Waals surface area (Å²) in [6.45, 7) is 1.39. The van der Waals surface area contributed by atoms with Gasteiger partial charge in [-0.25, -0.2) is 4.39 Å². The summed E-state index contributed by atoms with van der Waals surface area (Å²) < 4.78 is 16.9. The van der Waals surface area contributed by atoms with Gasteiger partial charge in [0, 0.05) is 19.8 Å². The van der Waals surface area contributed by atoms with Crippen molar-refractivity contribution in [3.05, 3.63) is 0 Å². The quantitative estimate of drug-likeness (QED) is 0.647. The molecular weight excluding hydrogens is 191 g/mol. The Morgan fingerprint density at radius 3 is 2.36 bits per heavy atom. The molecule has 0 radical (unpaired) electrons. The maximum Gasteiger partial charge on any atom is 0.302 e. The summed E-state index contributed by atoms with van der Waals surface area (Å²) in [7, 11) is 0. The molecule has 0 aromatic carbocycles. The maximum absolute atomic E-state index is 12.4. The number of alkyl halides is 1. The first-order chi connectivity index (χ1) is 6.39. The molecule has 0 amide bonds. The number of carbonyl (C=O) groups is 2. The van der Waals surface area contributed by atoms with Crippen molar-refractivity contribution in [2.45, 2.75) is 32.3 Å². The van der Waals surface area contributed by atoms with Gasteiger partial charge in [0.15, 0.2) is 0 Å². The van der Waals surface area contributed by atoms with Gasteiger partial charge < -0.3 is 9.84 Å². The van der Waals surface area contributed by atoms with E-state index in [0.717, 1.165) is 0 Å². The van der Waals surface area contributed by atoms with E-state index in [-0.39, 0.29) is 25.2 Å². The van der Waals surface area contributed by atoms with Gasteiger partial charge in [0.2, 0.25) is 0 Å². The van der Waals surface area contributed by atoms with E-state index in [2.05, 4.69) is 4.74 Å². The first-order valence-corrected chi connectivity index (χ1v) is 4.31. The highest BCUT2D eigenvalue weighted by Crippen LogP contribution is 2.16. The minimum absolute atomic E-state index is 0.0668. The summed E-state index contributed by atoms with van der Waals surface area (Å²) in [6.07, 6.45) is -0.326. The standard InChI is InChI=1S/C9H15FO4/c1-7(11)5-9(13,6-10)3-4-14-8(2)12/h13H,3-6H2,1-2H3. The molecular formula is C9H15FO4. The largest absolute Gasteiger partial charge is 0.466 e. The van der Waals surface area contributed by atoms with Crippen molar-refractivity contribution >= 4 is 11.8 Å². The molecule has 82 valence electrons. The number of Topliss-reactive ketones (excluding diaryl/α,β-unsaturated/α-hetero) is 1. The molecule has 0 aromatic rings. The van der Waals surface area contributed by atoms with E-state index in [1.54, 1.807) is 0 Å². The van der Waals surface area contributed by atoms with E-state index >= 15 is 0 Å². The third kappa shape index (κ3) is 5.64. The zero-order valence-electron chi connectivity index (χ0n) is 8.38. The molecule has 4 nitrogen and oxygen atoms in total. The molecule has 14 heavy (non-hydrogen) atoms. The van der Waals surface area contributed by atoms with Crippen LogP contribution in [0.25, 0.3) is 0 Å². The fourth-order valence-electron chi connectivity index (χ4n) is 1.05. The Balaban J connectivity index is 3.98. The monoisotopic (exact) mass is 206 g/mol. The van der Waals surface area contributed by atoms with Gasteiger partial charge in [-0.3, -0.25) is 9.59 Å². The summed E-state index contributed by atoms with van der Waals surface area (Å²) in [4.78, 5) is 21.1. The van der Waals surface area contributed by atoms with Crippen molar-refractivity contribution in [2.24, 2.45) is 0 Å². The second-order valence-electron chi connectivity index (χ2n) is 3.33. The van der Waals surface area contributed by atoms with Crippen LogP contribution >= 0.6 is 0 Å². The van der Waals surface area contributed by atoms with Gasteiger partial charge in [0.05, 0.1) is 6.61 Å². The number of aliphatic hydroxyl groups is 1. The average Bonchev–Trinajstić information content (AvgIpc) is 2.02. The van der Waals surface area contributed by atoms with Gasteiger partial charge in [0.25, 0.3) is 0 Å². The summed E-state index contributed by atoms with van der Waals surface area (Å²) in [5.41, 5.74) is -1.69. The predicted octanol–water partition coefficient (Wildman–Crippen LogP) is 0.619. The third-order valence-electron chi connectivity index (χ3n) is 1.70. The summed E-state index contributed by atoms with van der Waals surface area (Å²) in [6, 6.07) is 0. The van der Waals surface area contributed by atoms with E-state index in [0.29, 0.717) is 0 Å². The lowest BCUT2D eigenvalue weighted by Crippen LogP contribution is -2.35. The van der Waals surface area contributed by atoms with E-state index in [1.165, 1.54) is 13.8 Å². The van der Waals surface area contributed by atoms with E-state index in [9.17, 15) is 19.1 Å². The predicted molar refractivity (Wildman–Crippen MR) is 47.5 cm³/mol. The molecule has 0 fully saturated rings. The number of rotatable bonds is 6. The van der Waals surface area contributed by atoms with Gasteiger partial charge in [-0.05, 0) is 6.92 Å². The SMILES string of the molecule is CC(=O)CC(O)(CF)CCOC(C)=O. The number of carbonyl (C=O) groups excluding carboxylic acids is 2. The van der Waals surface area contributed by atoms with Crippen molar-refractivity contribution in [3.63, 3.8) is 0 Å². The molecule has 1 N–H and O–H groups in total. The van der Waals surface area contributed by atoms with Crippen LogP contribution in [0.1, 0.15) is 26.7 Å². The zero-order chi connectivity index (χ0) is 11.2. The van der Waals surface area contributed by atoms with Crippen molar-refractivity contribution in [1.82, 2.24) is 0 Å². The molecule has 0 spiro atoms. The van der Waals surface area contributed by atoms with Crippen molar-refractivity contribution < 1.29 is 23.8 Å². The lowest BCUT2D eigenvalue weighted by molar-refractivity contribution is -0.143.